The molecule has 2 heterocycles. The SMILES string of the molecule is CCCNC(c1cnccn1)c1ccoc1CC. The number of aryl methyl sites for hydroxylation is 1. The standard InChI is InChI=1S/C14H19N3O/c1-3-6-17-14(12-10-15-7-8-16-12)11-5-9-18-13(11)4-2/h5,7-10,14,17H,3-4,6H2,1-2H3. The van der Waals surface area contributed by atoms with E-state index in [1.807, 2.05) is 6.07 Å². The van der Waals surface area contributed by atoms with Gasteiger partial charge in [-0.2, -0.15) is 0 Å². The highest BCUT2D eigenvalue weighted by Gasteiger charge is 2.19. The number of nitrogens with one attached hydrogen (secondary N) is 1. The maximum absolute atomic E-state index is 5.51. The summed E-state index contributed by atoms with van der Waals surface area (Å²) in [6.07, 6.45) is 8.92. The van der Waals surface area contributed by atoms with Crippen LogP contribution in [0.4, 0.5) is 0 Å². The molecule has 2 rings (SSSR count). The Morgan fingerprint density at radius 2 is 2.22 bits per heavy atom. The summed E-state index contributed by atoms with van der Waals surface area (Å²) in [6.45, 7) is 5.18. The molecule has 0 saturated carbocycles. The lowest BCUT2D eigenvalue weighted by atomic mass is 10.0. The lowest BCUT2D eigenvalue weighted by Gasteiger charge is -2.17. The molecule has 0 aliphatic rings. The molecule has 1 atom stereocenters. The fourth-order valence-electron chi connectivity index (χ4n) is 2.02. The predicted octanol–water partition coefficient (Wildman–Crippen LogP) is 2.72. The van der Waals surface area contributed by atoms with Crippen LogP contribution in [0.5, 0.6) is 0 Å². The Bertz CT molecular complexity index is 467. The van der Waals surface area contributed by atoms with E-state index in [-0.39, 0.29) is 6.04 Å². The van der Waals surface area contributed by atoms with Crippen LogP contribution in [0.1, 0.15) is 43.3 Å². The van der Waals surface area contributed by atoms with E-state index in [4.69, 9.17) is 4.42 Å². The molecule has 0 aliphatic heterocycles. The van der Waals surface area contributed by atoms with E-state index in [0.29, 0.717) is 0 Å². The van der Waals surface area contributed by atoms with Gasteiger partial charge in [-0.1, -0.05) is 13.8 Å². The Labute approximate surface area is 107 Å². The van der Waals surface area contributed by atoms with Gasteiger partial charge in [0, 0.05) is 24.4 Å². The van der Waals surface area contributed by atoms with Crippen LogP contribution in [0.2, 0.25) is 0 Å². The van der Waals surface area contributed by atoms with Crippen LogP contribution in [-0.2, 0) is 6.42 Å². The van der Waals surface area contributed by atoms with E-state index < -0.39 is 0 Å². The maximum atomic E-state index is 5.51. The van der Waals surface area contributed by atoms with E-state index in [1.54, 1.807) is 24.9 Å². The lowest BCUT2D eigenvalue weighted by Crippen LogP contribution is -2.24. The van der Waals surface area contributed by atoms with Crippen LogP contribution in [-0.4, -0.2) is 16.5 Å². The van der Waals surface area contributed by atoms with Crippen LogP contribution in [0.15, 0.2) is 35.3 Å². The van der Waals surface area contributed by atoms with E-state index >= 15 is 0 Å². The maximum Gasteiger partial charge on any atom is 0.108 e. The summed E-state index contributed by atoms with van der Waals surface area (Å²) in [4.78, 5) is 8.54. The average Bonchev–Trinajstić information content (AvgIpc) is 2.89. The number of hydrogen-bond donors (Lipinski definition) is 1. The van der Waals surface area contributed by atoms with Gasteiger partial charge in [0.25, 0.3) is 0 Å². The molecule has 0 bridgehead atoms. The zero-order valence-electron chi connectivity index (χ0n) is 10.9. The molecule has 0 amide bonds. The molecule has 0 aromatic carbocycles. The first kappa shape index (κ1) is 12.8. The highest BCUT2D eigenvalue weighted by Crippen LogP contribution is 2.24. The van der Waals surface area contributed by atoms with Gasteiger partial charge in [-0.15, -0.1) is 0 Å². The highest BCUT2D eigenvalue weighted by molar-refractivity contribution is 5.28. The van der Waals surface area contributed by atoms with Crippen LogP contribution in [0.3, 0.4) is 0 Å². The summed E-state index contributed by atoms with van der Waals surface area (Å²) in [5.74, 6) is 1.01. The summed E-state index contributed by atoms with van der Waals surface area (Å²) >= 11 is 0. The normalized spacial score (nSPS) is 12.6. The molecule has 4 heteroatoms. The summed E-state index contributed by atoms with van der Waals surface area (Å²) in [6, 6.07) is 2.08. The van der Waals surface area contributed by atoms with Crippen molar-refractivity contribution in [3.05, 3.63) is 47.9 Å². The molecule has 0 aliphatic carbocycles. The Kier molecular flexibility index (Phi) is 4.47. The molecule has 1 N–H and O–H groups in total. The van der Waals surface area contributed by atoms with Gasteiger partial charge in [0.05, 0.1) is 24.2 Å². The first-order chi connectivity index (χ1) is 8.86. The second-order valence-electron chi connectivity index (χ2n) is 4.17. The van der Waals surface area contributed by atoms with E-state index in [9.17, 15) is 0 Å². The highest BCUT2D eigenvalue weighted by atomic mass is 16.3. The molecule has 2 aromatic rings. The molecule has 4 nitrogen and oxygen atoms in total. The van der Waals surface area contributed by atoms with Crippen molar-refractivity contribution in [1.29, 1.82) is 0 Å². The van der Waals surface area contributed by atoms with Crippen LogP contribution < -0.4 is 5.32 Å². The number of nitrogens with zero attached hydrogens (tertiary/aromatic N) is 2. The van der Waals surface area contributed by atoms with Gasteiger partial charge in [-0.05, 0) is 19.0 Å². The van der Waals surface area contributed by atoms with Crippen molar-refractivity contribution < 1.29 is 4.42 Å². The number of aromatic nitrogens is 2. The third-order valence-electron chi connectivity index (χ3n) is 2.89. The van der Waals surface area contributed by atoms with Crippen LogP contribution in [0, 0.1) is 0 Å². The van der Waals surface area contributed by atoms with Crippen LogP contribution >= 0.6 is 0 Å². The molecule has 2 aromatic heterocycles. The van der Waals surface area contributed by atoms with Gasteiger partial charge in [-0.25, -0.2) is 0 Å². The Hall–Kier alpha value is -1.68. The minimum Gasteiger partial charge on any atom is -0.469 e. The van der Waals surface area contributed by atoms with Crippen molar-refractivity contribution >= 4 is 0 Å². The van der Waals surface area contributed by atoms with Crippen molar-refractivity contribution in [1.82, 2.24) is 15.3 Å². The fourth-order valence-corrected chi connectivity index (χ4v) is 2.02. The van der Waals surface area contributed by atoms with E-state index in [1.165, 1.54) is 0 Å². The minimum atomic E-state index is 0.0624. The van der Waals surface area contributed by atoms with Gasteiger partial charge in [0.1, 0.15) is 5.76 Å². The minimum absolute atomic E-state index is 0.0624. The first-order valence-electron chi connectivity index (χ1n) is 6.42. The van der Waals surface area contributed by atoms with Crippen molar-refractivity contribution in [2.24, 2.45) is 0 Å². The van der Waals surface area contributed by atoms with E-state index in [2.05, 4.69) is 29.1 Å². The second kappa shape index (κ2) is 6.31. The summed E-state index contributed by atoms with van der Waals surface area (Å²) in [5, 5.41) is 3.50. The van der Waals surface area contributed by atoms with Crippen molar-refractivity contribution in [2.45, 2.75) is 32.7 Å². The number of rotatable bonds is 6. The van der Waals surface area contributed by atoms with Gasteiger partial charge in [0.2, 0.25) is 0 Å². The van der Waals surface area contributed by atoms with E-state index in [0.717, 1.165) is 36.4 Å². The molecule has 0 spiro atoms. The quantitative estimate of drug-likeness (QED) is 0.850. The topological polar surface area (TPSA) is 51.0 Å². The largest absolute Gasteiger partial charge is 0.469 e. The zero-order chi connectivity index (χ0) is 12.8. The molecule has 1 unspecified atom stereocenters. The molecule has 0 fully saturated rings. The predicted molar refractivity (Wildman–Crippen MR) is 70.3 cm³/mol. The van der Waals surface area contributed by atoms with Crippen molar-refractivity contribution in [3.63, 3.8) is 0 Å². The summed E-state index contributed by atoms with van der Waals surface area (Å²) in [7, 11) is 0. The third-order valence-corrected chi connectivity index (χ3v) is 2.89. The second-order valence-corrected chi connectivity index (χ2v) is 4.17. The first-order valence-corrected chi connectivity index (χ1v) is 6.42. The van der Waals surface area contributed by atoms with Gasteiger partial charge < -0.3 is 9.73 Å². The Morgan fingerprint density at radius 3 is 2.89 bits per heavy atom. The molecule has 0 radical (unpaired) electrons. The van der Waals surface area contributed by atoms with Crippen LogP contribution in [0.25, 0.3) is 0 Å². The number of furan rings is 1. The fraction of sp³-hybridized carbons (Fsp3) is 0.429. The Morgan fingerprint density at radius 1 is 1.33 bits per heavy atom. The summed E-state index contributed by atoms with van der Waals surface area (Å²) in [5.41, 5.74) is 2.09. The molecule has 96 valence electrons. The third kappa shape index (κ3) is 2.76. The smallest absolute Gasteiger partial charge is 0.108 e. The van der Waals surface area contributed by atoms with Gasteiger partial charge >= 0.3 is 0 Å². The van der Waals surface area contributed by atoms with Crippen molar-refractivity contribution in [2.75, 3.05) is 6.54 Å². The number of hydrogen-bond acceptors (Lipinski definition) is 4. The molecule has 18 heavy (non-hydrogen) atoms. The molecule has 0 saturated heterocycles. The van der Waals surface area contributed by atoms with Gasteiger partial charge in [0.15, 0.2) is 0 Å². The molecular formula is C14H19N3O. The molecular weight excluding hydrogens is 226 g/mol. The van der Waals surface area contributed by atoms with Crippen molar-refractivity contribution in [3.8, 4) is 0 Å². The average molecular weight is 245 g/mol. The van der Waals surface area contributed by atoms with Gasteiger partial charge in [-0.3, -0.25) is 9.97 Å². The monoisotopic (exact) mass is 245 g/mol. The summed E-state index contributed by atoms with van der Waals surface area (Å²) < 4.78 is 5.51. The lowest BCUT2D eigenvalue weighted by molar-refractivity contribution is 0.498. The Balaban J connectivity index is 2.31. The zero-order valence-corrected chi connectivity index (χ0v) is 10.9.